The first-order chi connectivity index (χ1) is 7.85. The highest BCUT2D eigenvalue weighted by molar-refractivity contribution is 7.88. The zero-order valence-electron chi connectivity index (χ0n) is 10.4. The zero-order valence-corrected chi connectivity index (χ0v) is 11.3. The molecule has 0 saturated heterocycles. The molecule has 0 heterocycles. The van der Waals surface area contributed by atoms with Crippen molar-refractivity contribution in [2.24, 2.45) is 0 Å². The van der Waals surface area contributed by atoms with Crippen molar-refractivity contribution >= 4 is 15.9 Å². The second-order valence-corrected chi connectivity index (χ2v) is 5.60. The van der Waals surface area contributed by atoms with Crippen molar-refractivity contribution in [3.63, 3.8) is 0 Å². The van der Waals surface area contributed by atoms with Gasteiger partial charge in [-0.05, 0) is 6.92 Å². The van der Waals surface area contributed by atoms with Crippen LogP contribution in [-0.2, 0) is 19.6 Å². The van der Waals surface area contributed by atoms with E-state index in [2.05, 4.69) is 15.4 Å². The van der Waals surface area contributed by atoms with Crippen LogP contribution in [0.15, 0.2) is 0 Å². The van der Waals surface area contributed by atoms with Crippen LogP contribution in [0.1, 0.15) is 6.92 Å². The number of ether oxygens (including phenoxy) is 1. The fourth-order valence-electron chi connectivity index (χ4n) is 1.14. The smallest absolute Gasteiger partial charge is 0.234 e. The Morgan fingerprint density at radius 1 is 1.35 bits per heavy atom. The molecule has 0 aromatic heterocycles. The summed E-state index contributed by atoms with van der Waals surface area (Å²) in [5.41, 5.74) is 0. The minimum atomic E-state index is -3.16. The molecule has 0 saturated carbocycles. The molecule has 8 heteroatoms. The van der Waals surface area contributed by atoms with Gasteiger partial charge in [0.2, 0.25) is 15.9 Å². The Labute approximate surface area is 102 Å². The van der Waals surface area contributed by atoms with Crippen LogP contribution in [0.25, 0.3) is 0 Å². The Bertz CT molecular complexity index is 318. The molecule has 102 valence electrons. The maximum Gasteiger partial charge on any atom is 0.234 e. The van der Waals surface area contributed by atoms with Gasteiger partial charge in [0, 0.05) is 26.2 Å². The van der Waals surface area contributed by atoms with Crippen molar-refractivity contribution in [1.29, 1.82) is 0 Å². The van der Waals surface area contributed by atoms with Crippen LogP contribution in [0.2, 0.25) is 0 Å². The van der Waals surface area contributed by atoms with Gasteiger partial charge in [0.05, 0.1) is 19.4 Å². The fourth-order valence-corrected chi connectivity index (χ4v) is 1.62. The molecule has 0 aromatic rings. The molecule has 0 aliphatic carbocycles. The van der Waals surface area contributed by atoms with E-state index in [1.807, 2.05) is 6.92 Å². The molecule has 1 atom stereocenters. The van der Waals surface area contributed by atoms with Crippen LogP contribution >= 0.6 is 0 Å². The zero-order chi connectivity index (χ0) is 13.3. The first-order valence-electron chi connectivity index (χ1n) is 5.29. The molecule has 0 radical (unpaired) electrons. The van der Waals surface area contributed by atoms with Crippen molar-refractivity contribution in [3.8, 4) is 0 Å². The van der Waals surface area contributed by atoms with E-state index in [9.17, 15) is 13.2 Å². The van der Waals surface area contributed by atoms with E-state index in [4.69, 9.17) is 4.74 Å². The Kier molecular flexibility index (Phi) is 8.05. The van der Waals surface area contributed by atoms with Crippen LogP contribution in [0.4, 0.5) is 0 Å². The van der Waals surface area contributed by atoms with Crippen molar-refractivity contribution in [3.05, 3.63) is 0 Å². The van der Waals surface area contributed by atoms with Gasteiger partial charge in [0.15, 0.2) is 0 Å². The van der Waals surface area contributed by atoms with Crippen molar-refractivity contribution < 1.29 is 17.9 Å². The normalized spacial score (nSPS) is 13.4. The molecule has 1 unspecified atom stereocenters. The van der Waals surface area contributed by atoms with Crippen LogP contribution in [-0.4, -0.2) is 60.0 Å². The molecule has 3 N–H and O–H groups in total. The first kappa shape index (κ1) is 16.3. The number of rotatable bonds is 9. The Balaban J connectivity index is 3.52. The van der Waals surface area contributed by atoms with Crippen molar-refractivity contribution in [2.45, 2.75) is 13.0 Å². The number of methoxy groups -OCH3 is 1. The molecule has 0 bridgehead atoms. The lowest BCUT2D eigenvalue weighted by Gasteiger charge is -2.13. The number of carbonyl (C=O) groups is 1. The summed E-state index contributed by atoms with van der Waals surface area (Å²) in [6.07, 6.45) is 1.09. The molecule has 0 spiro atoms. The summed E-state index contributed by atoms with van der Waals surface area (Å²) in [6.45, 7) is 3.12. The Hall–Kier alpha value is -0.700. The summed E-state index contributed by atoms with van der Waals surface area (Å²) >= 11 is 0. The van der Waals surface area contributed by atoms with E-state index >= 15 is 0 Å². The van der Waals surface area contributed by atoms with Gasteiger partial charge in [-0.3, -0.25) is 4.79 Å². The molecule has 0 aliphatic rings. The Morgan fingerprint density at radius 3 is 2.53 bits per heavy atom. The van der Waals surface area contributed by atoms with Crippen LogP contribution < -0.4 is 15.4 Å². The molecular weight excluding hydrogens is 246 g/mol. The van der Waals surface area contributed by atoms with Gasteiger partial charge in [-0.25, -0.2) is 13.1 Å². The van der Waals surface area contributed by atoms with Crippen LogP contribution in [0.5, 0.6) is 0 Å². The minimum absolute atomic E-state index is 0.0385. The molecular formula is C9H21N3O4S. The third-order valence-corrected chi connectivity index (χ3v) is 2.50. The lowest BCUT2D eigenvalue weighted by atomic mass is 10.3. The lowest BCUT2D eigenvalue weighted by molar-refractivity contribution is -0.121. The molecule has 1 amide bonds. The predicted octanol–water partition coefficient (Wildman–Crippen LogP) is -1.72. The second kappa shape index (κ2) is 8.40. The van der Waals surface area contributed by atoms with E-state index in [-0.39, 0.29) is 25.0 Å². The maximum atomic E-state index is 11.3. The average Bonchev–Trinajstić information content (AvgIpc) is 2.15. The number of hydrogen-bond acceptors (Lipinski definition) is 5. The second-order valence-electron chi connectivity index (χ2n) is 3.77. The number of sulfonamides is 1. The lowest BCUT2D eigenvalue weighted by Crippen LogP contribution is -2.42. The summed E-state index contributed by atoms with van der Waals surface area (Å²) in [5, 5.41) is 5.55. The van der Waals surface area contributed by atoms with Crippen molar-refractivity contribution in [1.82, 2.24) is 15.4 Å². The number of hydrogen-bond donors (Lipinski definition) is 3. The van der Waals surface area contributed by atoms with E-state index in [1.54, 1.807) is 7.11 Å². The van der Waals surface area contributed by atoms with Gasteiger partial charge in [0.25, 0.3) is 0 Å². The summed E-state index contributed by atoms with van der Waals surface area (Å²) in [7, 11) is -1.59. The van der Waals surface area contributed by atoms with Crippen LogP contribution in [0, 0.1) is 0 Å². The quantitative estimate of drug-likeness (QED) is 0.432. The molecule has 17 heavy (non-hydrogen) atoms. The minimum Gasteiger partial charge on any atom is -0.383 e. The molecule has 0 aromatic carbocycles. The van der Waals surface area contributed by atoms with Crippen molar-refractivity contribution in [2.75, 3.05) is 39.6 Å². The van der Waals surface area contributed by atoms with Gasteiger partial charge in [-0.2, -0.15) is 0 Å². The highest BCUT2D eigenvalue weighted by Crippen LogP contribution is 1.81. The standard InChI is InChI=1S/C9H21N3O4S/c1-8(7-16-2)12-9(13)6-10-4-5-11-17(3,14)15/h8,10-11H,4-7H2,1-3H3,(H,12,13). The topological polar surface area (TPSA) is 96.5 Å². The van der Waals surface area contributed by atoms with Gasteiger partial charge >= 0.3 is 0 Å². The largest absolute Gasteiger partial charge is 0.383 e. The van der Waals surface area contributed by atoms with E-state index < -0.39 is 10.0 Å². The monoisotopic (exact) mass is 267 g/mol. The molecule has 0 fully saturated rings. The SMILES string of the molecule is COCC(C)NC(=O)CNCCNS(C)(=O)=O. The van der Waals surface area contributed by atoms with E-state index in [0.29, 0.717) is 13.2 Å². The first-order valence-corrected chi connectivity index (χ1v) is 7.18. The third-order valence-electron chi connectivity index (χ3n) is 1.78. The number of nitrogens with one attached hydrogen (secondary N) is 3. The van der Waals surface area contributed by atoms with Gasteiger partial charge in [-0.1, -0.05) is 0 Å². The fraction of sp³-hybridized carbons (Fsp3) is 0.889. The molecule has 7 nitrogen and oxygen atoms in total. The molecule has 0 rings (SSSR count). The third kappa shape index (κ3) is 11.6. The number of amides is 1. The summed E-state index contributed by atoms with van der Waals surface area (Å²) in [6, 6.07) is -0.0385. The highest BCUT2D eigenvalue weighted by Gasteiger charge is 2.06. The van der Waals surface area contributed by atoms with Gasteiger partial charge in [-0.15, -0.1) is 0 Å². The average molecular weight is 267 g/mol. The maximum absolute atomic E-state index is 11.3. The highest BCUT2D eigenvalue weighted by atomic mass is 32.2. The summed E-state index contributed by atoms with van der Waals surface area (Å²) in [5.74, 6) is -0.145. The number of carbonyl (C=O) groups excluding carboxylic acids is 1. The predicted molar refractivity (Wildman–Crippen MR) is 65.2 cm³/mol. The van der Waals surface area contributed by atoms with Gasteiger partial charge < -0.3 is 15.4 Å². The summed E-state index contributed by atoms with van der Waals surface area (Å²) < 4.78 is 28.6. The van der Waals surface area contributed by atoms with E-state index in [0.717, 1.165) is 6.26 Å². The Morgan fingerprint density at radius 2 is 2.00 bits per heavy atom. The molecule has 0 aliphatic heterocycles. The van der Waals surface area contributed by atoms with Crippen LogP contribution in [0.3, 0.4) is 0 Å². The summed E-state index contributed by atoms with van der Waals surface area (Å²) in [4.78, 5) is 11.3. The van der Waals surface area contributed by atoms with E-state index in [1.165, 1.54) is 0 Å². The van der Waals surface area contributed by atoms with Gasteiger partial charge in [0.1, 0.15) is 0 Å².